The molecular formula is C21H17F3N6O3S. The SMILES string of the molecule is CCS(=O)(=O)c1cnc(-c2ncccn2)nc1-c1ncc(-c2ccc(OC(F)(F)F)cc2)n1C. The van der Waals surface area contributed by atoms with Crippen LogP contribution in [-0.4, -0.2) is 50.0 Å². The second-order valence-corrected chi connectivity index (χ2v) is 9.23. The Morgan fingerprint density at radius 3 is 2.26 bits per heavy atom. The van der Waals surface area contributed by atoms with Gasteiger partial charge in [-0.3, -0.25) is 0 Å². The second-order valence-electron chi connectivity index (χ2n) is 6.98. The zero-order chi connectivity index (χ0) is 24.5. The van der Waals surface area contributed by atoms with E-state index in [1.807, 2.05) is 0 Å². The Morgan fingerprint density at radius 2 is 1.65 bits per heavy atom. The van der Waals surface area contributed by atoms with Crippen molar-refractivity contribution in [3.05, 3.63) is 55.1 Å². The lowest BCUT2D eigenvalue weighted by atomic mass is 10.1. The first-order valence-electron chi connectivity index (χ1n) is 9.84. The van der Waals surface area contributed by atoms with E-state index >= 15 is 0 Å². The van der Waals surface area contributed by atoms with Crippen molar-refractivity contribution in [2.45, 2.75) is 18.2 Å². The standard InChI is InChI=1S/C21H17F3N6O3S/c1-3-34(31,32)16-12-27-19(18-25-9-4-10-26-18)29-17(16)20-28-11-15(30(20)2)13-5-7-14(8-6-13)33-21(22,23)24/h4-12H,3H2,1-2H3. The van der Waals surface area contributed by atoms with Crippen LogP contribution in [0.2, 0.25) is 0 Å². The summed E-state index contributed by atoms with van der Waals surface area (Å²) in [7, 11) is -2.07. The summed E-state index contributed by atoms with van der Waals surface area (Å²) in [5.74, 6) is 0.000835. The quantitative estimate of drug-likeness (QED) is 0.402. The summed E-state index contributed by atoms with van der Waals surface area (Å²) in [6, 6.07) is 6.86. The van der Waals surface area contributed by atoms with Crippen LogP contribution >= 0.6 is 0 Å². The van der Waals surface area contributed by atoms with E-state index in [1.165, 1.54) is 56.0 Å². The maximum atomic E-state index is 12.7. The van der Waals surface area contributed by atoms with Gasteiger partial charge in [-0.2, -0.15) is 0 Å². The highest BCUT2D eigenvalue weighted by Crippen LogP contribution is 2.31. The van der Waals surface area contributed by atoms with Crippen molar-refractivity contribution in [1.29, 1.82) is 0 Å². The van der Waals surface area contributed by atoms with E-state index in [0.29, 0.717) is 11.3 Å². The third-order valence-corrected chi connectivity index (χ3v) is 6.55. The number of aromatic nitrogens is 6. The van der Waals surface area contributed by atoms with Crippen molar-refractivity contribution in [2.75, 3.05) is 5.75 Å². The third kappa shape index (κ3) is 4.73. The van der Waals surface area contributed by atoms with Crippen LogP contribution in [0.4, 0.5) is 13.2 Å². The molecule has 0 saturated carbocycles. The molecule has 4 aromatic rings. The second kappa shape index (κ2) is 8.82. The topological polar surface area (TPSA) is 113 Å². The molecule has 0 aliphatic heterocycles. The minimum absolute atomic E-state index is 0.0603. The molecule has 0 bridgehead atoms. The molecule has 3 heterocycles. The van der Waals surface area contributed by atoms with Crippen LogP contribution in [0.3, 0.4) is 0 Å². The summed E-state index contributed by atoms with van der Waals surface area (Å²) < 4.78 is 68.2. The molecule has 3 aromatic heterocycles. The van der Waals surface area contributed by atoms with Crippen molar-refractivity contribution < 1.29 is 26.3 Å². The lowest BCUT2D eigenvalue weighted by molar-refractivity contribution is -0.274. The van der Waals surface area contributed by atoms with Crippen molar-refractivity contribution in [3.8, 4) is 40.2 Å². The van der Waals surface area contributed by atoms with Gasteiger partial charge >= 0.3 is 6.36 Å². The largest absolute Gasteiger partial charge is 0.573 e. The third-order valence-electron chi connectivity index (χ3n) is 4.82. The summed E-state index contributed by atoms with van der Waals surface area (Å²) in [6.45, 7) is 1.50. The smallest absolute Gasteiger partial charge is 0.406 e. The van der Waals surface area contributed by atoms with Crippen LogP contribution in [0.15, 0.2) is 60.0 Å². The molecule has 0 spiro atoms. The van der Waals surface area contributed by atoms with E-state index < -0.39 is 16.2 Å². The van der Waals surface area contributed by atoms with Gasteiger partial charge in [-0.1, -0.05) is 6.92 Å². The van der Waals surface area contributed by atoms with Gasteiger partial charge in [-0.05, 0) is 30.3 Å². The predicted octanol–water partition coefficient (Wildman–Crippen LogP) is 3.69. The molecule has 1 aromatic carbocycles. The van der Waals surface area contributed by atoms with Crippen molar-refractivity contribution >= 4 is 9.84 Å². The first kappa shape index (κ1) is 23.3. The van der Waals surface area contributed by atoms with Gasteiger partial charge in [-0.15, -0.1) is 13.2 Å². The number of alkyl halides is 3. The molecule has 0 aliphatic carbocycles. The number of halogens is 3. The van der Waals surface area contributed by atoms with Crippen LogP contribution in [0.5, 0.6) is 5.75 Å². The van der Waals surface area contributed by atoms with Crippen LogP contribution in [-0.2, 0) is 16.9 Å². The predicted molar refractivity (Wildman–Crippen MR) is 115 cm³/mol. The monoisotopic (exact) mass is 490 g/mol. The van der Waals surface area contributed by atoms with Crippen molar-refractivity contribution in [2.24, 2.45) is 7.05 Å². The van der Waals surface area contributed by atoms with Gasteiger partial charge in [0, 0.05) is 25.0 Å². The average molecular weight is 490 g/mol. The fourth-order valence-electron chi connectivity index (χ4n) is 3.16. The minimum atomic E-state index is -4.80. The van der Waals surface area contributed by atoms with Crippen LogP contribution in [0.25, 0.3) is 34.4 Å². The van der Waals surface area contributed by atoms with Gasteiger partial charge in [0.05, 0.1) is 23.8 Å². The zero-order valence-electron chi connectivity index (χ0n) is 17.9. The minimum Gasteiger partial charge on any atom is -0.406 e. The zero-order valence-corrected chi connectivity index (χ0v) is 18.7. The van der Waals surface area contributed by atoms with Crippen LogP contribution in [0.1, 0.15) is 6.92 Å². The fourth-order valence-corrected chi connectivity index (χ4v) is 4.12. The highest BCUT2D eigenvalue weighted by Gasteiger charge is 2.31. The van der Waals surface area contributed by atoms with Gasteiger partial charge in [0.15, 0.2) is 27.3 Å². The maximum Gasteiger partial charge on any atom is 0.573 e. The number of hydrogen-bond acceptors (Lipinski definition) is 8. The number of ether oxygens (including phenoxy) is 1. The van der Waals surface area contributed by atoms with Gasteiger partial charge in [0.1, 0.15) is 16.3 Å². The maximum absolute atomic E-state index is 12.7. The molecule has 9 nitrogen and oxygen atoms in total. The number of nitrogens with zero attached hydrogens (tertiary/aromatic N) is 6. The van der Waals surface area contributed by atoms with Gasteiger partial charge < -0.3 is 9.30 Å². The number of sulfone groups is 1. The molecule has 176 valence electrons. The van der Waals surface area contributed by atoms with Gasteiger partial charge in [-0.25, -0.2) is 33.3 Å². The normalized spacial score (nSPS) is 12.0. The Kier molecular flexibility index (Phi) is 6.04. The molecule has 0 saturated heterocycles. The summed E-state index contributed by atoms with van der Waals surface area (Å²) in [5, 5.41) is 0. The molecule has 0 N–H and O–H groups in total. The number of hydrogen-bond donors (Lipinski definition) is 0. The molecule has 34 heavy (non-hydrogen) atoms. The highest BCUT2D eigenvalue weighted by molar-refractivity contribution is 7.91. The Bertz CT molecular complexity index is 1420. The van der Waals surface area contributed by atoms with Crippen molar-refractivity contribution in [3.63, 3.8) is 0 Å². The molecular weight excluding hydrogens is 473 g/mol. The molecule has 0 atom stereocenters. The number of rotatable bonds is 6. The van der Waals surface area contributed by atoms with Crippen LogP contribution in [0, 0.1) is 0 Å². The Balaban J connectivity index is 1.80. The molecule has 0 aliphatic rings. The first-order chi connectivity index (χ1) is 16.1. The molecule has 0 unspecified atom stereocenters. The first-order valence-corrected chi connectivity index (χ1v) is 11.5. The Labute approximate surface area is 192 Å². The van der Waals surface area contributed by atoms with Gasteiger partial charge in [0.2, 0.25) is 0 Å². The summed E-state index contributed by atoms with van der Waals surface area (Å²) in [6.07, 6.45) is 0.887. The summed E-state index contributed by atoms with van der Waals surface area (Å²) in [4.78, 5) is 21.0. The fraction of sp³-hybridized carbons (Fsp3) is 0.190. The van der Waals surface area contributed by atoms with E-state index in [0.717, 1.165) is 0 Å². The number of imidazole rings is 1. The van der Waals surface area contributed by atoms with Gasteiger partial charge in [0.25, 0.3) is 0 Å². The van der Waals surface area contributed by atoms with E-state index in [2.05, 4.69) is 29.7 Å². The Hall–Kier alpha value is -3.87. The summed E-state index contributed by atoms with van der Waals surface area (Å²) >= 11 is 0. The Morgan fingerprint density at radius 1 is 0.971 bits per heavy atom. The number of benzene rings is 1. The van der Waals surface area contributed by atoms with E-state index in [1.54, 1.807) is 17.7 Å². The molecule has 0 amide bonds. The lowest BCUT2D eigenvalue weighted by Crippen LogP contribution is -2.16. The van der Waals surface area contributed by atoms with E-state index in [9.17, 15) is 21.6 Å². The lowest BCUT2D eigenvalue weighted by Gasteiger charge is -2.12. The van der Waals surface area contributed by atoms with Crippen LogP contribution < -0.4 is 4.74 Å². The molecule has 0 fully saturated rings. The average Bonchev–Trinajstić information content (AvgIpc) is 3.20. The molecule has 13 heteroatoms. The van der Waals surface area contributed by atoms with Crippen molar-refractivity contribution in [1.82, 2.24) is 29.5 Å². The summed E-state index contributed by atoms with van der Waals surface area (Å²) in [5.41, 5.74) is 1.12. The van der Waals surface area contributed by atoms with E-state index in [-0.39, 0.29) is 39.6 Å². The van der Waals surface area contributed by atoms with E-state index in [4.69, 9.17) is 0 Å². The molecule has 4 rings (SSSR count). The highest BCUT2D eigenvalue weighted by atomic mass is 32.2. The molecule has 0 radical (unpaired) electrons.